The van der Waals surface area contributed by atoms with Gasteiger partial charge in [-0.25, -0.2) is 4.39 Å². The van der Waals surface area contributed by atoms with Crippen LogP contribution in [0.5, 0.6) is 0 Å². The van der Waals surface area contributed by atoms with E-state index in [4.69, 9.17) is 10.1 Å². The fraction of sp³-hybridized carbons (Fsp3) is 0.438. The highest BCUT2D eigenvalue weighted by Crippen LogP contribution is 2.25. The van der Waals surface area contributed by atoms with Crippen LogP contribution in [0.2, 0.25) is 0 Å². The Morgan fingerprint density at radius 2 is 1.82 bits per heavy atom. The number of halogens is 1. The molecule has 0 aliphatic heterocycles. The lowest BCUT2D eigenvalue weighted by atomic mass is 9.79. The van der Waals surface area contributed by atoms with Gasteiger partial charge in [-0.3, -0.25) is 0 Å². The molecule has 22 heavy (non-hydrogen) atoms. The highest BCUT2D eigenvalue weighted by atomic mass is 19.1. The first kappa shape index (κ1) is 18.4. The minimum atomic E-state index is -1.02. The van der Waals surface area contributed by atoms with Crippen LogP contribution in [-0.4, -0.2) is 36.6 Å². The lowest BCUT2D eigenvalue weighted by molar-refractivity contribution is -0.0895. The zero-order valence-electron chi connectivity index (χ0n) is 13.8. The maximum Gasteiger partial charge on any atom is 0.313 e. The van der Waals surface area contributed by atoms with Gasteiger partial charge < -0.3 is 20.5 Å². The summed E-state index contributed by atoms with van der Waals surface area (Å²) in [4.78, 5) is 0. The van der Waals surface area contributed by atoms with Gasteiger partial charge in [0.05, 0.1) is 16.9 Å². The number of aliphatic hydroxyl groups is 1. The number of allylic oxidation sites excluding steroid dienone is 1. The standard InChI is InChI=1S/C16H24BFN2O2/c1-15(2,21)16(3,4)22-17-13(10-20-5)14(19)11-6-8-12(18)9-7-11/h6-10,17,19-21H,1-5H3/b13-10+,19-14?. The van der Waals surface area contributed by atoms with Crippen LogP contribution in [0.25, 0.3) is 0 Å². The molecule has 1 aromatic rings. The molecule has 1 aromatic carbocycles. The van der Waals surface area contributed by atoms with Crippen LogP contribution in [0.4, 0.5) is 4.39 Å². The summed E-state index contributed by atoms with van der Waals surface area (Å²) < 4.78 is 18.8. The van der Waals surface area contributed by atoms with Gasteiger partial charge in [0.2, 0.25) is 0 Å². The molecule has 120 valence electrons. The molecule has 0 saturated heterocycles. The Morgan fingerprint density at radius 3 is 2.27 bits per heavy atom. The highest BCUT2D eigenvalue weighted by molar-refractivity contribution is 6.51. The van der Waals surface area contributed by atoms with E-state index >= 15 is 0 Å². The van der Waals surface area contributed by atoms with E-state index < -0.39 is 11.2 Å². The first-order valence-corrected chi connectivity index (χ1v) is 7.16. The van der Waals surface area contributed by atoms with E-state index in [0.717, 1.165) is 0 Å². The largest absolute Gasteiger partial charge is 0.427 e. The smallest absolute Gasteiger partial charge is 0.313 e. The molecular formula is C16H24BFN2O2. The molecule has 0 aromatic heterocycles. The van der Waals surface area contributed by atoms with Gasteiger partial charge in [0.1, 0.15) is 5.82 Å². The molecule has 0 amide bonds. The molecule has 0 heterocycles. The normalized spacial score (nSPS) is 13.0. The lowest BCUT2D eigenvalue weighted by Crippen LogP contribution is -2.48. The van der Waals surface area contributed by atoms with Crippen molar-refractivity contribution in [3.05, 3.63) is 47.3 Å². The molecular weight excluding hydrogens is 282 g/mol. The minimum absolute atomic E-state index is 0.161. The van der Waals surface area contributed by atoms with Gasteiger partial charge in [0.25, 0.3) is 0 Å². The molecule has 0 aliphatic carbocycles. The molecule has 0 radical (unpaired) electrons. The topological polar surface area (TPSA) is 65.3 Å². The Kier molecular flexibility index (Phi) is 5.91. The molecule has 0 bridgehead atoms. The van der Waals surface area contributed by atoms with Crippen molar-refractivity contribution in [3.63, 3.8) is 0 Å². The third-order valence-corrected chi connectivity index (χ3v) is 3.83. The van der Waals surface area contributed by atoms with Crippen molar-refractivity contribution >= 4 is 13.2 Å². The molecule has 0 unspecified atom stereocenters. The molecule has 0 atom stereocenters. The Labute approximate surface area is 132 Å². The van der Waals surface area contributed by atoms with Crippen molar-refractivity contribution in [3.8, 4) is 0 Å². The van der Waals surface area contributed by atoms with E-state index in [0.29, 0.717) is 11.0 Å². The maximum atomic E-state index is 13.0. The van der Waals surface area contributed by atoms with Gasteiger partial charge in [-0.15, -0.1) is 0 Å². The summed E-state index contributed by atoms with van der Waals surface area (Å²) in [6.07, 6.45) is 1.67. The summed E-state index contributed by atoms with van der Waals surface area (Å²) in [5.41, 5.74) is -0.321. The number of benzene rings is 1. The van der Waals surface area contributed by atoms with Crippen molar-refractivity contribution in [2.45, 2.75) is 38.9 Å². The van der Waals surface area contributed by atoms with Crippen molar-refractivity contribution in [1.29, 1.82) is 5.41 Å². The summed E-state index contributed by atoms with van der Waals surface area (Å²) >= 11 is 0. The quantitative estimate of drug-likeness (QED) is 0.534. The van der Waals surface area contributed by atoms with Gasteiger partial charge in [0, 0.05) is 7.05 Å². The summed E-state index contributed by atoms with van der Waals surface area (Å²) in [5.74, 6) is -0.338. The second-order valence-electron chi connectivity index (χ2n) is 6.20. The van der Waals surface area contributed by atoms with Crippen LogP contribution in [-0.2, 0) is 4.65 Å². The van der Waals surface area contributed by atoms with E-state index in [2.05, 4.69) is 5.32 Å². The molecule has 3 N–H and O–H groups in total. The van der Waals surface area contributed by atoms with E-state index in [-0.39, 0.29) is 19.0 Å². The van der Waals surface area contributed by atoms with Crippen LogP contribution in [0, 0.1) is 11.2 Å². The van der Waals surface area contributed by atoms with Crippen molar-refractivity contribution in [2.24, 2.45) is 0 Å². The second-order valence-corrected chi connectivity index (χ2v) is 6.20. The predicted octanol–water partition coefficient (Wildman–Crippen LogP) is 2.17. The Balaban J connectivity index is 2.89. The van der Waals surface area contributed by atoms with Crippen LogP contribution < -0.4 is 5.32 Å². The SMILES string of the molecule is CN/C=C(/BOC(C)(C)C(C)(C)O)C(=N)c1ccc(F)cc1. The van der Waals surface area contributed by atoms with Gasteiger partial charge in [-0.1, -0.05) is 0 Å². The minimum Gasteiger partial charge on any atom is -0.427 e. The Bertz CT molecular complexity index is 548. The molecule has 1 rings (SSSR count). The van der Waals surface area contributed by atoms with E-state index in [9.17, 15) is 9.50 Å². The Hall–Kier alpha value is -1.66. The highest BCUT2D eigenvalue weighted by Gasteiger charge is 2.36. The number of hydrogen-bond donors (Lipinski definition) is 3. The molecule has 4 nitrogen and oxygen atoms in total. The third kappa shape index (κ3) is 4.68. The average molecular weight is 306 g/mol. The third-order valence-electron chi connectivity index (χ3n) is 3.83. The first-order valence-electron chi connectivity index (χ1n) is 7.16. The fourth-order valence-electron chi connectivity index (χ4n) is 1.60. The molecule has 6 heteroatoms. The van der Waals surface area contributed by atoms with Gasteiger partial charge in [-0.2, -0.15) is 0 Å². The van der Waals surface area contributed by atoms with E-state index in [1.165, 1.54) is 12.1 Å². The zero-order chi connectivity index (χ0) is 17.0. The van der Waals surface area contributed by atoms with E-state index in [1.54, 1.807) is 53.1 Å². The number of hydrogen-bond acceptors (Lipinski definition) is 4. The second kappa shape index (κ2) is 7.07. The van der Waals surface area contributed by atoms with Gasteiger partial charge >= 0.3 is 7.48 Å². The zero-order valence-corrected chi connectivity index (χ0v) is 13.8. The van der Waals surface area contributed by atoms with Gasteiger partial charge in [0.15, 0.2) is 0 Å². The Morgan fingerprint density at radius 1 is 1.27 bits per heavy atom. The summed E-state index contributed by atoms with van der Waals surface area (Å²) in [6, 6.07) is 5.76. The molecule has 0 aliphatic rings. The van der Waals surface area contributed by atoms with Crippen LogP contribution >= 0.6 is 0 Å². The first-order chi connectivity index (χ1) is 10.1. The van der Waals surface area contributed by atoms with Gasteiger partial charge in [-0.05, 0) is 69.2 Å². The predicted molar refractivity (Wildman–Crippen MR) is 89.0 cm³/mol. The summed E-state index contributed by atoms with van der Waals surface area (Å²) in [7, 11) is 1.90. The summed E-state index contributed by atoms with van der Waals surface area (Å²) in [6.45, 7) is 6.95. The molecule has 0 fully saturated rings. The molecule has 0 spiro atoms. The van der Waals surface area contributed by atoms with Crippen molar-refractivity contribution < 1.29 is 14.2 Å². The monoisotopic (exact) mass is 306 g/mol. The number of nitrogens with one attached hydrogen (secondary N) is 2. The van der Waals surface area contributed by atoms with Crippen LogP contribution in [0.1, 0.15) is 33.3 Å². The maximum absolute atomic E-state index is 13.0. The van der Waals surface area contributed by atoms with Crippen molar-refractivity contribution in [1.82, 2.24) is 5.32 Å². The summed E-state index contributed by atoms with van der Waals surface area (Å²) in [5, 5.41) is 21.3. The van der Waals surface area contributed by atoms with Crippen LogP contribution in [0.15, 0.2) is 35.9 Å². The molecule has 0 saturated carbocycles. The fourth-order valence-corrected chi connectivity index (χ4v) is 1.60. The van der Waals surface area contributed by atoms with Crippen molar-refractivity contribution in [2.75, 3.05) is 7.05 Å². The average Bonchev–Trinajstić information content (AvgIpc) is 2.42. The lowest BCUT2D eigenvalue weighted by Gasteiger charge is -2.37. The van der Waals surface area contributed by atoms with Crippen LogP contribution in [0.3, 0.4) is 0 Å². The van der Waals surface area contributed by atoms with E-state index in [1.807, 2.05) is 0 Å². The number of rotatable bonds is 7.